The quantitative estimate of drug-likeness (QED) is 0.840. The van der Waals surface area contributed by atoms with Crippen molar-refractivity contribution in [3.8, 4) is 11.3 Å². The number of aromatic nitrogens is 1. The van der Waals surface area contributed by atoms with Gasteiger partial charge in [0.2, 0.25) is 0 Å². The number of nitrogens with one attached hydrogen (secondary N) is 1. The third-order valence-corrected chi connectivity index (χ3v) is 2.27. The van der Waals surface area contributed by atoms with E-state index in [1.807, 2.05) is 0 Å². The van der Waals surface area contributed by atoms with E-state index < -0.39 is 17.5 Å². The van der Waals surface area contributed by atoms with Crippen molar-refractivity contribution in [3.63, 3.8) is 0 Å². The number of halogens is 3. The highest BCUT2D eigenvalue weighted by molar-refractivity contribution is 5.60. The molecule has 0 spiro atoms. The van der Waals surface area contributed by atoms with E-state index >= 15 is 0 Å². The lowest BCUT2D eigenvalue weighted by atomic mass is 10.1. The van der Waals surface area contributed by atoms with Gasteiger partial charge in [-0.2, -0.15) is 0 Å². The minimum atomic E-state index is -1.52. The van der Waals surface area contributed by atoms with Crippen molar-refractivity contribution in [1.82, 2.24) is 10.3 Å². The predicted octanol–water partition coefficient (Wildman–Crippen LogP) is 2.48. The minimum absolute atomic E-state index is 0.0933. The molecule has 2 aromatic rings. The molecule has 0 saturated carbocycles. The molecule has 6 heteroatoms. The number of hydrogen-bond acceptors (Lipinski definition) is 3. The zero-order chi connectivity index (χ0) is 12.4. The number of hydrogen-bond donors (Lipinski definition) is 1. The summed E-state index contributed by atoms with van der Waals surface area (Å²) in [6.07, 6.45) is 1.13. The lowest BCUT2D eigenvalue weighted by molar-refractivity contribution is 0.446. The molecular weight excluding hydrogens is 233 g/mol. The Bertz CT molecular complexity index is 540. The van der Waals surface area contributed by atoms with Gasteiger partial charge in [0, 0.05) is 6.54 Å². The first kappa shape index (κ1) is 11.7. The van der Waals surface area contributed by atoms with Gasteiger partial charge in [0.25, 0.3) is 0 Å². The summed E-state index contributed by atoms with van der Waals surface area (Å²) >= 11 is 0. The van der Waals surface area contributed by atoms with Crippen LogP contribution in [0.1, 0.15) is 5.69 Å². The highest BCUT2D eigenvalue weighted by atomic mass is 19.2. The minimum Gasteiger partial charge on any atom is -0.443 e. The second-order valence-corrected chi connectivity index (χ2v) is 3.38. The summed E-state index contributed by atoms with van der Waals surface area (Å²) < 4.78 is 44.4. The summed E-state index contributed by atoms with van der Waals surface area (Å²) in [4.78, 5) is 3.86. The van der Waals surface area contributed by atoms with Crippen molar-refractivity contribution in [1.29, 1.82) is 0 Å². The van der Waals surface area contributed by atoms with E-state index in [4.69, 9.17) is 4.42 Å². The van der Waals surface area contributed by atoms with Gasteiger partial charge in [-0.15, -0.1) is 0 Å². The van der Waals surface area contributed by atoms with Crippen LogP contribution in [0, 0.1) is 17.5 Å². The third-order valence-electron chi connectivity index (χ3n) is 2.27. The van der Waals surface area contributed by atoms with Gasteiger partial charge in [0.1, 0.15) is 5.69 Å². The van der Waals surface area contributed by atoms with Crippen molar-refractivity contribution in [3.05, 3.63) is 41.7 Å². The van der Waals surface area contributed by atoms with Crippen LogP contribution < -0.4 is 5.32 Å². The number of benzene rings is 1. The van der Waals surface area contributed by atoms with Gasteiger partial charge in [0.05, 0.1) is 5.56 Å². The topological polar surface area (TPSA) is 38.1 Å². The summed E-state index contributed by atoms with van der Waals surface area (Å²) in [7, 11) is 1.68. The Hall–Kier alpha value is -1.82. The largest absolute Gasteiger partial charge is 0.443 e. The van der Waals surface area contributed by atoms with Gasteiger partial charge >= 0.3 is 0 Å². The van der Waals surface area contributed by atoms with Crippen molar-refractivity contribution >= 4 is 0 Å². The molecule has 0 aliphatic carbocycles. The van der Waals surface area contributed by atoms with Gasteiger partial charge in [-0.25, -0.2) is 18.2 Å². The van der Waals surface area contributed by atoms with Gasteiger partial charge in [-0.05, 0) is 19.2 Å². The average molecular weight is 242 g/mol. The highest BCUT2D eigenvalue weighted by Gasteiger charge is 2.19. The van der Waals surface area contributed by atoms with Gasteiger partial charge in [-0.1, -0.05) is 0 Å². The molecule has 0 amide bonds. The highest BCUT2D eigenvalue weighted by Crippen LogP contribution is 2.28. The van der Waals surface area contributed by atoms with Crippen LogP contribution in [0.4, 0.5) is 13.2 Å². The summed E-state index contributed by atoms with van der Waals surface area (Å²) in [5, 5.41) is 2.81. The van der Waals surface area contributed by atoms with E-state index in [0.29, 0.717) is 12.2 Å². The average Bonchev–Trinajstić information content (AvgIpc) is 2.75. The molecule has 0 radical (unpaired) electrons. The molecule has 1 aromatic heterocycles. The van der Waals surface area contributed by atoms with Crippen molar-refractivity contribution < 1.29 is 17.6 Å². The van der Waals surface area contributed by atoms with Gasteiger partial charge in [0.15, 0.2) is 29.6 Å². The number of rotatable bonds is 3. The molecule has 2 rings (SSSR count). The van der Waals surface area contributed by atoms with Crippen LogP contribution in [0.5, 0.6) is 0 Å². The maximum Gasteiger partial charge on any atom is 0.195 e. The Morgan fingerprint density at radius 1 is 1.24 bits per heavy atom. The van der Waals surface area contributed by atoms with Crippen LogP contribution in [-0.4, -0.2) is 12.0 Å². The van der Waals surface area contributed by atoms with E-state index in [9.17, 15) is 13.2 Å². The van der Waals surface area contributed by atoms with Gasteiger partial charge in [-0.3, -0.25) is 0 Å². The predicted molar refractivity (Wildman–Crippen MR) is 54.6 cm³/mol. The standard InChI is InChI=1S/C11H9F3N2O/c1-15-4-8-11(17-5-16-8)6-2-3-7(12)10(14)9(6)13/h2-3,5,15H,4H2,1H3. The Morgan fingerprint density at radius 2 is 2.00 bits per heavy atom. The molecule has 90 valence electrons. The zero-order valence-electron chi connectivity index (χ0n) is 8.93. The molecule has 1 N–H and O–H groups in total. The van der Waals surface area contributed by atoms with Crippen LogP contribution in [0.2, 0.25) is 0 Å². The normalized spacial score (nSPS) is 10.8. The van der Waals surface area contributed by atoms with Crippen LogP contribution in [0.3, 0.4) is 0 Å². The van der Waals surface area contributed by atoms with Crippen LogP contribution in [0.25, 0.3) is 11.3 Å². The second-order valence-electron chi connectivity index (χ2n) is 3.38. The van der Waals surface area contributed by atoms with E-state index in [0.717, 1.165) is 18.5 Å². The maximum atomic E-state index is 13.5. The molecule has 0 saturated heterocycles. The lowest BCUT2D eigenvalue weighted by Gasteiger charge is -2.03. The van der Waals surface area contributed by atoms with E-state index in [1.54, 1.807) is 7.05 Å². The SMILES string of the molecule is CNCc1ncoc1-c1ccc(F)c(F)c1F. The summed E-state index contributed by atoms with van der Waals surface area (Å²) in [6.45, 7) is 0.338. The Morgan fingerprint density at radius 3 is 2.71 bits per heavy atom. The number of oxazole rings is 1. The fraction of sp³-hybridized carbons (Fsp3) is 0.182. The van der Waals surface area contributed by atoms with Crippen molar-refractivity contribution in [2.45, 2.75) is 6.54 Å². The molecule has 0 fully saturated rings. The zero-order valence-corrected chi connectivity index (χ0v) is 8.93. The molecule has 0 atom stereocenters. The second kappa shape index (κ2) is 4.58. The molecule has 3 nitrogen and oxygen atoms in total. The smallest absolute Gasteiger partial charge is 0.195 e. The molecular formula is C11H9F3N2O. The Labute approximate surface area is 95.3 Å². The van der Waals surface area contributed by atoms with Crippen LogP contribution in [0.15, 0.2) is 22.9 Å². The van der Waals surface area contributed by atoms with Crippen LogP contribution in [-0.2, 0) is 6.54 Å². The summed E-state index contributed by atoms with van der Waals surface area (Å²) in [5.74, 6) is -3.94. The van der Waals surface area contributed by atoms with E-state index in [2.05, 4.69) is 10.3 Å². The molecule has 0 unspecified atom stereocenters. The molecule has 0 aliphatic rings. The summed E-state index contributed by atoms with van der Waals surface area (Å²) in [6, 6.07) is 1.97. The monoisotopic (exact) mass is 242 g/mol. The Kier molecular flexibility index (Phi) is 3.14. The van der Waals surface area contributed by atoms with Crippen molar-refractivity contribution in [2.75, 3.05) is 7.05 Å². The first-order valence-corrected chi connectivity index (χ1v) is 4.86. The fourth-order valence-electron chi connectivity index (χ4n) is 1.48. The third kappa shape index (κ3) is 2.03. The maximum absolute atomic E-state index is 13.5. The van der Waals surface area contributed by atoms with Gasteiger partial charge < -0.3 is 9.73 Å². The van der Waals surface area contributed by atoms with Crippen molar-refractivity contribution in [2.24, 2.45) is 0 Å². The van der Waals surface area contributed by atoms with E-state index in [-0.39, 0.29) is 11.3 Å². The van der Waals surface area contributed by atoms with Crippen LogP contribution >= 0.6 is 0 Å². The molecule has 17 heavy (non-hydrogen) atoms. The first-order chi connectivity index (χ1) is 8.15. The number of nitrogens with zero attached hydrogens (tertiary/aromatic N) is 1. The summed E-state index contributed by atoms with van der Waals surface area (Å²) in [5.41, 5.74) is 0.282. The molecule has 0 bridgehead atoms. The molecule has 1 aromatic carbocycles. The fourth-order valence-corrected chi connectivity index (χ4v) is 1.48. The van der Waals surface area contributed by atoms with E-state index in [1.165, 1.54) is 0 Å². The Balaban J connectivity index is 2.53. The molecule has 1 heterocycles. The molecule has 0 aliphatic heterocycles. The first-order valence-electron chi connectivity index (χ1n) is 4.86. The lowest BCUT2D eigenvalue weighted by Crippen LogP contribution is -2.06.